The molecule has 9 heteroatoms. The van der Waals surface area contributed by atoms with E-state index < -0.39 is 46.2 Å². The second-order valence-electron chi connectivity index (χ2n) is 3.60. The van der Waals surface area contributed by atoms with Crippen LogP contribution in [0.1, 0.15) is 10.4 Å². The van der Waals surface area contributed by atoms with Crippen LogP contribution in [0.15, 0.2) is 12.1 Å². The zero-order valence-electron chi connectivity index (χ0n) is 9.59. The van der Waals surface area contributed by atoms with E-state index in [1.807, 2.05) is 0 Å². The quantitative estimate of drug-likeness (QED) is 0.652. The molecule has 0 aromatic heterocycles. The first-order chi connectivity index (χ1) is 8.73. The number of nitro benzene ring substituents is 1. The standard InChI is InChI=1S/C10H8F2N2O5/c1-13(4-9(15)16)10(17)5-2-8(14(18)19)7(12)3-6(5)11/h2-3H,4H2,1H3,(H,15,16). The molecule has 0 spiro atoms. The maximum atomic E-state index is 13.4. The normalized spacial score (nSPS) is 10.1. The van der Waals surface area contributed by atoms with Gasteiger partial charge in [0.05, 0.1) is 10.5 Å². The minimum atomic E-state index is -1.42. The van der Waals surface area contributed by atoms with Crippen LogP contribution in [0.2, 0.25) is 0 Å². The molecule has 7 nitrogen and oxygen atoms in total. The van der Waals surface area contributed by atoms with Gasteiger partial charge in [-0.25, -0.2) is 4.39 Å². The summed E-state index contributed by atoms with van der Waals surface area (Å²) in [5.74, 6) is -5.15. The van der Waals surface area contributed by atoms with Crippen LogP contribution in [-0.2, 0) is 4.79 Å². The van der Waals surface area contributed by atoms with Crippen molar-refractivity contribution < 1.29 is 28.4 Å². The molecule has 0 unspecified atom stereocenters. The highest BCUT2D eigenvalue weighted by atomic mass is 19.1. The summed E-state index contributed by atoms with van der Waals surface area (Å²) in [7, 11) is 1.07. The highest BCUT2D eigenvalue weighted by Gasteiger charge is 2.24. The van der Waals surface area contributed by atoms with Gasteiger partial charge in [0, 0.05) is 19.2 Å². The lowest BCUT2D eigenvalue weighted by atomic mass is 10.1. The van der Waals surface area contributed by atoms with Gasteiger partial charge in [0.1, 0.15) is 12.4 Å². The van der Waals surface area contributed by atoms with Gasteiger partial charge in [0.15, 0.2) is 0 Å². The number of rotatable bonds is 4. The Balaban J connectivity index is 3.19. The Hall–Kier alpha value is -2.58. The fraction of sp³-hybridized carbons (Fsp3) is 0.200. The zero-order chi connectivity index (χ0) is 14.7. The molecule has 19 heavy (non-hydrogen) atoms. The van der Waals surface area contributed by atoms with Gasteiger partial charge in [-0.1, -0.05) is 0 Å². The molecule has 0 aliphatic heterocycles. The van der Waals surface area contributed by atoms with Crippen molar-refractivity contribution >= 4 is 17.6 Å². The van der Waals surface area contributed by atoms with Gasteiger partial charge in [0.25, 0.3) is 5.91 Å². The summed E-state index contributed by atoms with van der Waals surface area (Å²) in [6.45, 7) is -0.719. The number of carbonyl (C=O) groups is 2. The van der Waals surface area contributed by atoms with E-state index in [-0.39, 0.29) is 6.07 Å². The average molecular weight is 274 g/mol. The Morgan fingerprint density at radius 1 is 1.37 bits per heavy atom. The molecule has 0 heterocycles. The number of likely N-dealkylation sites (N-methyl/N-ethyl adjacent to an activating group) is 1. The number of carboxylic acids is 1. The van der Waals surface area contributed by atoms with Gasteiger partial charge >= 0.3 is 11.7 Å². The van der Waals surface area contributed by atoms with E-state index in [0.29, 0.717) is 11.0 Å². The van der Waals surface area contributed by atoms with Crippen LogP contribution < -0.4 is 0 Å². The number of nitrogens with zero attached hydrogens (tertiary/aromatic N) is 2. The molecule has 1 N–H and O–H groups in total. The number of aliphatic carboxylic acids is 1. The average Bonchev–Trinajstić information content (AvgIpc) is 2.26. The first-order valence-electron chi connectivity index (χ1n) is 4.84. The van der Waals surface area contributed by atoms with Gasteiger partial charge in [0.2, 0.25) is 5.82 Å². The van der Waals surface area contributed by atoms with E-state index in [4.69, 9.17) is 5.11 Å². The minimum absolute atomic E-state index is 0.208. The van der Waals surface area contributed by atoms with Crippen molar-refractivity contribution in [1.82, 2.24) is 4.90 Å². The van der Waals surface area contributed by atoms with E-state index >= 15 is 0 Å². The van der Waals surface area contributed by atoms with Crippen molar-refractivity contribution in [3.63, 3.8) is 0 Å². The third-order valence-corrected chi connectivity index (χ3v) is 2.18. The molecule has 0 aliphatic carbocycles. The third-order valence-electron chi connectivity index (χ3n) is 2.18. The zero-order valence-corrected chi connectivity index (χ0v) is 9.59. The van der Waals surface area contributed by atoms with Gasteiger partial charge in [-0.2, -0.15) is 4.39 Å². The van der Waals surface area contributed by atoms with E-state index in [2.05, 4.69) is 0 Å². The fourth-order valence-corrected chi connectivity index (χ4v) is 1.32. The minimum Gasteiger partial charge on any atom is -0.480 e. The second-order valence-corrected chi connectivity index (χ2v) is 3.60. The summed E-state index contributed by atoms with van der Waals surface area (Å²) in [6, 6.07) is 0.644. The highest BCUT2D eigenvalue weighted by molar-refractivity contribution is 5.96. The van der Waals surface area contributed by atoms with Gasteiger partial charge in [-0.15, -0.1) is 0 Å². The summed E-state index contributed by atoms with van der Waals surface area (Å²) < 4.78 is 26.4. The van der Waals surface area contributed by atoms with Crippen molar-refractivity contribution in [3.8, 4) is 0 Å². The summed E-state index contributed by atoms with van der Waals surface area (Å²) in [4.78, 5) is 32.1. The molecule has 1 rings (SSSR count). The number of carbonyl (C=O) groups excluding carboxylic acids is 1. The lowest BCUT2D eigenvalue weighted by molar-refractivity contribution is -0.387. The number of nitro groups is 1. The smallest absolute Gasteiger partial charge is 0.323 e. The van der Waals surface area contributed by atoms with Crippen molar-refractivity contribution in [2.24, 2.45) is 0 Å². The SMILES string of the molecule is CN(CC(=O)O)C(=O)c1cc([N+](=O)[O-])c(F)cc1F. The largest absolute Gasteiger partial charge is 0.480 e. The van der Waals surface area contributed by atoms with Crippen LogP contribution in [-0.4, -0.2) is 40.4 Å². The molecule has 0 atom stereocenters. The predicted molar refractivity (Wildman–Crippen MR) is 57.6 cm³/mol. The first-order valence-corrected chi connectivity index (χ1v) is 4.84. The second kappa shape index (κ2) is 5.38. The topological polar surface area (TPSA) is 101 Å². The van der Waals surface area contributed by atoms with Crippen LogP contribution in [0.3, 0.4) is 0 Å². The molecule has 1 aromatic carbocycles. The van der Waals surface area contributed by atoms with Crippen LogP contribution in [0.4, 0.5) is 14.5 Å². The fourth-order valence-electron chi connectivity index (χ4n) is 1.32. The number of hydrogen-bond donors (Lipinski definition) is 1. The van der Waals surface area contributed by atoms with Crippen molar-refractivity contribution in [3.05, 3.63) is 39.4 Å². The Kier molecular flexibility index (Phi) is 4.10. The number of halogens is 2. The molecule has 0 fully saturated rings. The van der Waals surface area contributed by atoms with Crippen LogP contribution >= 0.6 is 0 Å². The number of amides is 1. The maximum Gasteiger partial charge on any atom is 0.323 e. The van der Waals surface area contributed by atoms with Gasteiger partial charge < -0.3 is 10.0 Å². The van der Waals surface area contributed by atoms with Gasteiger partial charge in [-0.05, 0) is 0 Å². The monoisotopic (exact) mass is 274 g/mol. The van der Waals surface area contributed by atoms with Crippen molar-refractivity contribution in [2.45, 2.75) is 0 Å². The Labute approximate surface area is 105 Å². The summed E-state index contributed by atoms with van der Waals surface area (Å²) >= 11 is 0. The highest BCUT2D eigenvalue weighted by Crippen LogP contribution is 2.22. The Morgan fingerprint density at radius 3 is 2.42 bits per heavy atom. The number of hydrogen-bond acceptors (Lipinski definition) is 4. The van der Waals surface area contributed by atoms with Crippen LogP contribution in [0, 0.1) is 21.7 Å². The summed E-state index contributed by atoms with van der Waals surface area (Å²) in [5, 5.41) is 19.0. The molecule has 0 aliphatic rings. The molecule has 1 aromatic rings. The lowest BCUT2D eigenvalue weighted by Gasteiger charge is -2.14. The molecule has 0 radical (unpaired) electrons. The molecule has 102 valence electrons. The summed E-state index contributed by atoms with van der Waals surface area (Å²) in [6.07, 6.45) is 0. The van der Waals surface area contributed by atoms with Crippen LogP contribution in [0.25, 0.3) is 0 Å². The van der Waals surface area contributed by atoms with E-state index in [0.717, 1.165) is 7.05 Å². The van der Waals surface area contributed by atoms with Crippen LogP contribution in [0.5, 0.6) is 0 Å². The molecular formula is C10H8F2N2O5. The Bertz CT molecular complexity index is 561. The lowest BCUT2D eigenvalue weighted by Crippen LogP contribution is -2.32. The van der Waals surface area contributed by atoms with Crippen molar-refractivity contribution in [2.75, 3.05) is 13.6 Å². The van der Waals surface area contributed by atoms with Gasteiger partial charge in [-0.3, -0.25) is 19.7 Å². The molecule has 0 saturated carbocycles. The van der Waals surface area contributed by atoms with E-state index in [9.17, 15) is 28.5 Å². The maximum absolute atomic E-state index is 13.4. The predicted octanol–water partition coefficient (Wildman–Crippen LogP) is 1.03. The molecular weight excluding hydrogens is 266 g/mol. The number of benzene rings is 1. The molecule has 1 amide bonds. The number of carboxylic acid groups (broad SMARTS) is 1. The van der Waals surface area contributed by atoms with E-state index in [1.165, 1.54) is 0 Å². The van der Waals surface area contributed by atoms with E-state index in [1.54, 1.807) is 0 Å². The Morgan fingerprint density at radius 2 is 1.95 bits per heavy atom. The summed E-state index contributed by atoms with van der Waals surface area (Å²) in [5.41, 5.74) is -1.83. The molecule has 0 bridgehead atoms. The first kappa shape index (κ1) is 14.5. The molecule has 0 saturated heterocycles. The third kappa shape index (κ3) is 3.21. The van der Waals surface area contributed by atoms with Crippen molar-refractivity contribution in [1.29, 1.82) is 0 Å².